The molecule has 2 unspecified atom stereocenters. The fraction of sp³-hybridized carbons (Fsp3) is 0.333. The van der Waals surface area contributed by atoms with Crippen LogP contribution in [0.1, 0.15) is 52.8 Å². The van der Waals surface area contributed by atoms with Crippen molar-refractivity contribution in [1.82, 2.24) is 5.32 Å². The van der Waals surface area contributed by atoms with Gasteiger partial charge in [-0.25, -0.2) is 8.42 Å². The number of halogens is 3. The summed E-state index contributed by atoms with van der Waals surface area (Å²) in [6.07, 6.45) is -3.90. The van der Waals surface area contributed by atoms with Crippen LogP contribution >= 0.6 is 0 Å². The Hall–Kier alpha value is -3.74. The van der Waals surface area contributed by atoms with Gasteiger partial charge in [-0.3, -0.25) is 29.2 Å². The molecule has 1 saturated heterocycles. The van der Waals surface area contributed by atoms with E-state index in [-0.39, 0.29) is 53.6 Å². The standard InChI is InChI=1S/C24H21F3N2O7S/c25-24(26,27)36-16-2-1-3-17(12-16)37(34,35)29-15-7-8-18-19(11-15)20(30)10-14(22(18)32)5-4-13-6-9-21(31)28-23(13)33/h1-3,7-8,11-14,29H,4-6,9-10H2,(H,28,31,33). The zero-order valence-electron chi connectivity index (χ0n) is 19.1. The second kappa shape index (κ2) is 9.96. The molecular formula is C24H21F3N2O7S. The summed E-state index contributed by atoms with van der Waals surface area (Å²) in [5.41, 5.74) is 0.0914. The monoisotopic (exact) mass is 538 g/mol. The van der Waals surface area contributed by atoms with Crippen LogP contribution in [0.2, 0.25) is 0 Å². The second-order valence-corrected chi connectivity index (χ2v) is 10.5. The molecule has 2 amide bonds. The second-order valence-electron chi connectivity index (χ2n) is 8.80. The molecule has 196 valence electrons. The Morgan fingerprint density at radius 2 is 1.70 bits per heavy atom. The summed E-state index contributed by atoms with van der Waals surface area (Å²) in [5.74, 6) is -3.21. The lowest BCUT2D eigenvalue weighted by atomic mass is 9.78. The van der Waals surface area contributed by atoms with Crippen LogP contribution in [0.15, 0.2) is 47.4 Å². The van der Waals surface area contributed by atoms with Crippen LogP contribution in [-0.2, 0) is 19.6 Å². The molecule has 37 heavy (non-hydrogen) atoms. The van der Waals surface area contributed by atoms with Gasteiger partial charge >= 0.3 is 6.36 Å². The number of imide groups is 1. The zero-order chi connectivity index (χ0) is 27.0. The molecule has 0 saturated carbocycles. The Morgan fingerprint density at radius 3 is 2.41 bits per heavy atom. The largest absolute Gasteiger partial charge is 0.573 e. The topological polar surface area (TPSA) is 136 Å². The maximum absolute atomic E-state index is 13.0. The van der Waals surface area contributed by atoms with Gasteiger partial charge in [0.2, 0.25) is 11.8 Å². The van der Waals surface area contributed by atoms with Crippen LogP contribution in [0.3, 0.4) is 0 Å². The third-order valence-electron chi connectivity index (χ3n) is 6.21. The first-order valence-corrected chi connectivity index (χ1v) is 12.7. The first kappa shape index (κ1) is 26.3. The van der Waals surface area contributed by atoms with Crippen molar-refractivity contribution in [3.05, 3.63) is 53.6 Å². The number of carbonyl (C=O) groups excluding carboxylic acids is 4. The highest BCUT2D eigenvalue weighted by Gasteiger charge is 2.35. The molecular weight excluding hydrogens is 517 g/mol. The number of hydrogen-bond acceptors (Lipinski definition) is 7. The fourth-order valence-corrected chi connectivity index (χ4v) is 5.49. The number of rotatable bonds is 7. The lowest BCUT2D eigenvalue weighted by molar-refractivity contribution is -0.274. The van der Waals surface area contributed by atoms with Gasteiger partial charge in [0, 0.05) is 47.6 Å². The summed E-state index contributed by atoms with van der Waals surface area (Å²) in [7, 11) is -4.35. The number of amides is 2. The van der Waals surface area contributed by atoms with Gasteiger partial charge in [0.05, 0.1) is 4.90 Å². The first-order chi connectivity index (χ1) is 17.3. The molecule has 2 N–H and O–H groups in total. The lowest BCUT2D eigenvalue weighted by Gasteiger charge is -2.26. The predicted molar refractivity (Wildman–Crippen MR) is 122 cm³/mol. The minimum absolute atomic E-state index is 0.0246. The minimum atomic E-state index is -5.00. The number of ketones is 2. The van der Waals surface area contributed by atoms with Crippen molar-refractivity contribution in [3.63, 3.8) is 0 Å². The summed E-state index contributed by atoms with van der Waals surface area (Å²) in [6.45, 7) is 0. The molecule has 0 bridgehead atoms. The molecule has 0 spiro atoms. The maximum Gasteiger partial charge on any atom is 0.573 e. The van der Waals surface area contributed by atoms with E-state index < -0.39 is 44.8 Å². The Labute approximate surface area is 209 Å². The number of anilines is 1. The smallest absolute Gasteiger partial charge is 0.406 e. The van der Waals surface area contributed by atoms with E-state index in [1.807, 2.05) is 0 Å². The number of fused-ring (bicyclic) bond motifs is 1. The number of Topliss-reactive ketones (excluding diaryl/α,β-unsaturated/α-hetero) is 2. The maximum atomic E-state index is 13.0. The molecule has 1 aliphatic carbocycles. The number of hydrogen-bond donors (Lipinski definition) is 2. The van der Waals surface area contributed by atoms with E-state index in [4.69, 9.17) is 0 Å². The van der Waals surface area contributed by atoms with E-state index in [9.17, 15) is 40.8 Å². The van der Waals surface area contributed by atoms with Crippen LogP contribution in [0, 0.1) is 11.8 Å². The molecule has 2 aromatic carbocycles. The number of piperidine rings is 1. The average Bonchev–Trinajstić information content (AvgIpc) is 2.80. The van der Waals surface area contributed by atoms with Crippen LogP contribution in [0.4, 0.5) is 18.9 Å². The number of benzene rings is 2. The molecule has 0 aromatic heterocycles. The summed E-state index contributed by atoms with van der Waals surface area (Å²) in [4.78, 5) is 48.5. The summed E-state index contributed by atoms with van der Waals surface area (Å²) in [6, 6.07) is 7.61. The normalized spacial score (nSPS) is 20.3. The van der Waals surface area contributed by atoms with Crippen LogP contribution in [-0.4, -0.2) is 38.2 Å². The highest BCUT2D eigenvalue weighted by molar-refractivity contribution is 7.92. The molecule has 13 heteroatoms. The van der Waals surface area contributed by atoms with E-state index in [1.54, 1.807) is 0 Å². The van der Waals surface area contributed by atoms with E-state index in [0.717, 1.165) is 18.2 Å². The zero-order valence-corrected chi connectivity index (χ0v) is 19.9. The van der Waals surface area contributed by atoms with Gasteiger partial charge in [0.25, 0.3) is 10.0 Å². The van der Waals surface area contributed by atoms with Crippen LogP contribution < -0.4 is 14.8 Å². The van der Waals surface area contributed by atoms with Crippen LogP contribution in [0.5, 0.6) is 5.75 Å². The number of alkyl halides is 3. The van der Waals surface area contributed by atoms with Gasteiger partial charge in [-0.05, 0) is 49.6 Å². The van der Waals surface area contributed by atoms with Gasteiger partial charge in [0.1, 0.15) is 5.75 Å². The van der Waals surface area contributed by atoms with Crippen molar-refractivity contribution in [2.75, 3.05) is 4.72 Å². The van der Waals surface area contributed by atoms with Crippen LogP contribution in [0.25, 0.3) is 0 Å². The number of sulfonamides is 1. The van der Waals surface area contributed by atoms with Gasteiger partial charge in [-0.15, -0.1) is 13.2 Å². The van der Waals surface area contributed by atoms with Crippen molar-refractivity contribution in [1.29, 1.82) is 0 Å². The van der Waals surface area contributed by atoms with Gasteiger partial charge in [0.15, 0.2) is 11.6 Å². The van der Waals surface area contributed by atoms with Gasteiger partial charge in [-0.1, -0.05) is 6.07 Å². The average molecular weight is 539 g/mol. The number of nitrogens with one attached hydrogen (secondary N) is 2. The molecule has 9 nitrogen and oxygen atoms in total. The highest BCUT2D eigenvalue weighted by atomic mass is 32.2. The Bertz CT molecular complexity index is 1390. The van der Waals surface area contributed by atoms with E-state index in [2.05, 4.69) is 14.8 Å². The third-order valence-corrected chi connectivity index (χ3v) is 7.59. The van der Waals surface area contributed by atoms with E-state index in [1.165, 1.54) is 18.2 Å². The molecule has 2 aliphatic rings. The molecule has 2 atom stereocenters. The summed E-state index contributed by atoms with van der Waals surface area (Å²) >= 11 is 0. The highest BCUT2D eigenvalue weighted by Crippen LogP contribution is 2.33. The Balaban J connectivity index is 1.47. The molecule has 1 heterocycles. The van der Waals surface area contributed by atoms with E-state index >= 15 is 0 Å². The predicted octanol–water partition coefficient (Wildman–Crippen LogP) is 3.60. The summed E-state index contributed by atoms with van der Waals surface area (Å²) in [5, 5.41) is 2.26. The molecule has 1 fully saturated rings. The van der Waals surface area contributed by atoms with Crippen molar-refractivity contribution in [3.8, 4) is 5.75 Å². The van der Waals surface area contributed by atoms with Crippen molar-refractivity contribution in [2.24, 2.45) is 11.8 Å². The van der Waals surface area contributed by atoms with Crippen molar-refractivity contribution < 1.29 is 45.5 Å². The lowest BCUT2D eigenvalue weighted by Crippen LogP contribution is -2.41. The molecule has 0 radical (unpaired) electrons. The Morgan fingerprint density at radius 1 is 0.973 bits per heavy atom. The first-order valence-electron chi connectivity index (χ1n) is 11.3. The van der Waals surface area contributed by atoms with Crippen molar-refractivity contribution in [2.45, 2.75) is 43.4 Å². The SMILES string of the molecule is O=C1CCC(CCC2CC(=O)c3cc(NS(=O)(=O)c4cccc(OC(F)(F)F)c4)ccc3C2=O)C(=O)N1. The van der Waals surface area contributed by atoms with Gasteiger partial charge in [-0.2, -0.15) is 0 Å². The molecule has 2 aromatic rings. The Kier molecular flexibility index (Phi) is 7.09. The van der Waals surface area contributed by atoms with Crippen molar-refractivity contribution >= 4 is 39.1 Å². The fourth-order valence-electron chi connectivity index (χ4n) is 4.40. The molecule has 1 aliphatic heterocycles. The number of ether oxygens (including phenoxy) is 1. The number of carbonyl (C=O) groups is 4. The summed E-state index contributed by atoms with van der Waals surface area (Å²) < 4.78 is 68.8. The quantitative estimate of drug-likeness (QED) is 0.514. The van der Waals surface area contributed by atoms with Gasteiger partial charge < -0.3 is 4.74 Å². The molecule has 4 rings (SSSR count). The minimum Gasteiger partial charge on any atom is -0.406 e. The van der Waals surface area contributed by atoms with E-state index in [0.29, 0.717) is 18.9 Å². The third kappa shape index (κ3) is 6.16.